The summed E-state index contributed by atoms with van der Waals surface area (Å²) in [6.45, 7) is 8.01. The molecule has 0 aliphatic carbocycles. The van der Waals surface area contributed by atoms with Gasteiger partial charge in [-0.15, -0.1) is 0 Å². The number of aliphatic hydroxyl groups is 2. The number of nitrogens with zero attached hydrogens (tertiary/aromatic N) is 2. The number of benzene rings is 2. The molecule has 0 bridgehead atoms. The highest BCUT2D eigenvalue weighted by Gasteiger charge is 2.43. The molecule has 32 heavy (non-hydrogen) atoms. The first kappa shape index (κ1) is 23.4. The van der Waals surface area contributed by atoms with E-state index in [1.54, 1.807) is 0 Å². The molecule has 2 aromatic carbocycles. The van der Waals surface area contributed by atoms with Crippen molar-refractivity contribution >= 4 is 0 Å². The van der Waals surface area contributed by atoms with Gasteiger partial charge in [-0.3, -0.25) is 0 Å². The van der Waals surface area contributed by atoms with Crippen LogP contribution in [0.1, 0.15) is 22.3 Å². The van der Waals surface area contributed by atoms with Gasteiger partial charge in [0, 0.05) is 11.1 Å². The van der Waals surface area contributed by atoms with Gasteiger partial charge in [0.25, 0.3) is 0 Å². The molecule has 2 N–H and O–H groups in total. The molecule has 2 aromatic rings. The van der Waals surface area contributed by atoms with Crippen LogP contribution >= 0.6 is 0 Å². The van der Waals surface area contributed by atoms with E-state index in [-0.39, 0.29) is 0 Å². The van der Waals surface area contributed by atoms with Crippen molar-refractivity contribution in [3.05, 3.63) is 58.7 Å². The van der Waals surface area contributed by atoms with Crippen molar-refractivity contribution in [2.24, 2.45) is 0 Å². The number of quaternary nitrogens is 2. The molecule has 6 nitrogen and oxygen atoms in total. The molecule has 4 rings (SSSR count). The number of hydrogen-bond acceptors (Lipinski definition) is 4. The molecule has 0 amide bonds. The number of likely N-dealkylation sites (N-methyl/N-ethyl adjacent to an activating group) is 2. The van der Waals surface area contributed by atoms with E-state index in [0.717, 1.165) is 55.4 Å². The Morgan fingerprint density at radius 2 is 1.06 bits per heavy atom. The monoisotopic (exact) mass is 442 g/mol. The van der Waals surface area contributed by atoms with Crippen LogP contribution in [0.4, 0.5) is 0 Å². The summed E-state index contributed by atoms with van der Waals surface area (Å²) in [7, 11) is 8.46. The molecular formula is C26H38N2O4+2. The molecule has 2 heterocycles. The van der Waals surface area contributed by atoms with E-state index in [2.05, 4.69) is 54.2 Å². The smallest absolute Gasteiger partial charge is 0.243 e. The van der Waals surface area contributed by atoms with Gasteiger partial charge in [-0.05, 0) is 48.2 Å². The minimum Gasteiger partial charge on any atom is -0.357 e. The van der Waals surface area contributed by atoms with Gasteiger partial charge in [-0.1, -0.05) is 24.3 Å². The average molecular weight is 443 g/mol. The Morgan fingerprint density at radius 3 is 1.38 bits per heavy atom. The van der Waals surface area contributed by atoms with E-state index < -0.39 is 11.6 Å². The minimum atomic E-state index is -1.27. The molecule has 174 valence electrons. The molecular weight excluding hydrogens is 404 g/mol. The molecule has 0 aromatic heterocycles. The fraction of sp³-hybridized carbons (Fsp3) is 0.538. The number of ether oxygens (including phenoxy) is 2. The summed E-state index contributed by atoms with van der Waals surface area (Å²) in [4.78, 5) is 0. The zero-order valence-electron chi connectivity index (χ0n) is 20.3. The third kappa shape index (κ3) is 4.49. The molecule has 0 radical (unpaired) electrons. The summed E-state index contributed by atoms with van der Waals surface area (Å²) in [6, 6.07) is 12.1. The van der Waals surface area contributed by atoms with E-state index in [9.17, 15) is 10.2 Å². The van der Waals surface area contributed by atoms with Crippen molar-refractivity contribution < 1.29 is 28.7 Å². The van der Waals surface area contributed by atoms with E-state index in [4.69, 9.17) is 9.47 Å². The third-order valence-corrected chi connectivity index (χ3v) is 7.00. The zero-order chi connectivity index (χ0) is 23.4. The topological polar surface area (TPSA) is 58.9 Å². The van der Waals surface area contributed by atoms with Crippen LogP contribution in [0.15, 0.2) is 36.4 Å². The lowest BCUT2D eigenvalue weighted by atomic mass is 9.90. The van der Waals surface area contributed by atoms with E-state index in [1.165, 1.54) is 0 Å². The van der Waals surface area contributed by atoms with Gasteiger partial charge in [0.15, 0.2) is 0 Å². The van der Waals surface area contributed by atoms with Gasteiger partial charge in [0.1, 0.15) is 26.2 Å². The second-order valence-electron chi connectivity index (χ2n) is 11.0. The second kappa shape index (κ2) is 7.90. The summed E-state index contributed by atoms with van der Waals surface area (Å²) in [5.41, 5.74) is 5.97. The molecule has 2 aliphatic rings. The predicted molar refractivity (Wildman–Crippen MR) is 125 cm³/mol. The van der Waals surface area contributed by atoms with Crippen molar-refractivity contribution in [1.29, 1.82) is 0 Å². The molecule has 2 atom stereocenters. The summed E-state index contributed by atoms with van der Waals surface area (Å²) in [6.07, 6.45) is 0. The molecule has 6 heteroatoms. The van der Waals surface area contributed by atoms with Crippen LogP contribution in [-0.4, -0.2) is 86.8 Å². The first-order valence-corrected chi connectivity index (χ1v) is 11.4. The van der Waals surface area contributed by atoms with Gasteiger partial charge in [0.05, 0.1) is 41.4 Å². The molecule has 0 spiro atoms. The van der Waals surface area contributed by atoms with Crippen molar-refractivity contribution in [3.8, 4) is 11.1 Å². The lowest BCUT2D eigenvalue weighted by molar-refractivity contribution is -0.912. The van der Waals surface area contributed by atoms with Gasteiger partial charge in [-0.25, -0.2) is 0 Å². The maximum Gasteiger partial charge on any atom is 0.243 e. The Kier molecular flexibility index (Phi) is 5.77. The molecule has 0 saturated carbocycles. The quantitative estimate of drug-likeness (QED) is 0.717. The van der Waals surface area contributed by atoms with Crippen LogP contribution in [-0.2, 0) is 21.0 Å². The number of aryl methyl sites for hydroxylation is 2. The summed E-state index contributed by atoms with van der Waals surface area (Å²) in [5, 5.41) is 22.4. The zero-order valence-corrected chi connectivity index (χ0v) is 20.3. The molecule has 2 fully saturated rings. The van der Waals surface area contributed by atoms with Crippen LogP contribution in [0.5, 0.6) is 0 Å². The minimum absolute atomic E-state index is 0.521. The largest absolute Gasteiger partial charge is 0.357 e. The maximum atomic E-state index is 11.2. The van der Waals surface area contributed by atoms with Crippen LogP contribution < -0.4 is 0 Å². The van der Waals surface area contributed by atoms with Crippen LogP contribution in [0, 0.1) is 13.8 Å². The first-order chi connectivity index (χ1) is 14.8. The molecule has 2 saturated heterocycles. The highest BCUT2D eigenvalue weighted by atomic mass is 16.6. The normalized spacial score (nSPS) is 29.6. The standard InChI is InChI=1S/C26H38N2O4/c1-19-15-21(25(29)17-27(3,4)11-13-31-25)7-9-23(19)24-10-8-22(16-20(24)2)26(30)18-28(5,6)12-14-32-26/h7-10,15-16,29-30H,11-14,17-18H2,1-6H3/q+2. The lowest BCUT2D eigenvalue weighted by Gasteiger charge is -2.43. The van der Waals surface area contributed by atoms with Crippen LogP contribution in [0.3, 0.4) is 0 Å². The average Bonchev–Trinajstić information content (AvgIpc) is 2.66. The Balaban J connectivity index is 1.63. The Labute approximate surface area is 191 Å². The number of rotatable bonds is 3. The highest BCUT2D eigenvalue weighted by Crippen LogP contribution is 2.36. The van der Waals surface area contributed by atoms with Crippen molar-refractivity contribution in [1.82, 2.24) is 0 Å². The summed E-state index contributed by atoms with van der Waals surface area (Å²) < 4.78 is 13.1. The maximum absolute atomic E-state index is 11.2. The van der Waals surface area contributed by atoms with Crippen molar-refractivity contribution in [2.45, 2.75) is 25.4 Å². The highest BCUT2D eigenvalue weighted by molar-refractivity contribution is 5.71. The first-order valence-electron chi connectivity index (χ1n) is 11.4. The molecule has 2 aliphatic heterocycles. The SMILES string of the molecule is Cc1cc(C2(O)C[N+](C)(C)CCO2)ccc1-c1ccc(C2(O)C[N+](C)(C)CCO2)cc1C. The number of morpholine rings is 2. The van der Waals surface area contributed by atoms with E-state index in [1.807, 2.05) is 24.3 Å². The summed E-state index contributed by atoms with van der Waals surface area (Å²) in [5.74, 6) is -2.53. The predicted octanol–water partition coefficient (Wildman–Crippen LogP) is 2.47. The Hall–Kier alpha value is -1.80. The van der Waals surface area contributed by atoms with Gasteiger partial charge >= 0.3 is 0 Å². The van der Waals surface area contributed by atoms with E-state index >= 15 is 0 Å². The molecule has 2 unspecified atom stereocenters. The fourth-order valence-corrected chi connectivity index (χ4v) is 5.10. The van der Waals surface area contributed by atoms with E-state index in [0.29, 0.717) is 26.3 Å². The number of hydrogen-bond donors (Lipinski definition) is 2. The van der Waals surface area contributed by atoms with Gasteiger partial charge < -0.3 is 28.7 Å². The Bertz CT molecular complexity index is 937. The third-order valence-electron chi connectivity index (χ3n) is 7.00. The van der Waals surface area contributed by atoms with Crippen LogP contribution in [0.25, 0.3) is 11.1 Å². The lowest BCUT2D eigenvalue weighted by Crippen LogP contribution is -2.57. The van der Waals surface area contributed by atoms with Crippen LogP contribution in [0.2, 0.25) is 0 Å². The van der Waals surface area contributed by atoms with Crippen molar-refractivity contribution in [2.75, 3.05) is 67.6 Å². The fourth-order valence-electron chi connectivity index (χ4n) is 5.10. The van der Waals surface area contributed by atoms with Gasteiger partial charge in [0.2, 0.25) is 11.6 Å². The summed E-state index contributed by atoms with van der Waals surface area (Å²) >= 11 is 0. The second-order valence-corrected chi connectivity index (χ2v) is 11.0. The Morgan fingerprint density at radius 1 is 0.688 bits per heavy atom. The van der Waals surface area contributed by atoms with Crippen molar-refractivity contribution in [3.63, 3.8) is 0 Å². The van der Waals surface area contributed by atoms with Gasteiger partial charge in [-0.2, -0.15) is 0 Å².